The number of hydrogen-bond acceptors (Lipinski definition) is 4. The van der Waals surface area contributed by atoms with Crippen molar-refractivity contribution in [1.29, 1.82) is 0 Å². The lowest BCUT2D eigenvalue weighted by molar-refractivity contribution is -0.123. The summed E-state index contributed by atoms with van der Waals surface area (Å²) in [5, 5.41) is 6.26. The van der Waals surface area contributed by atoms with Crippen LogP contribution in [0, 0.1) is 5.92 Å². The SMILES string of the molecule is CCN(CC)S(=O)(=O)c1cccc(C(=O)N[C@@H](C(=O)NCCc2ccc(Cl)cc2)C(C)C)c1. The quantitative estimate of drug-likeness (QED) is 0.501. The van der Waals surface area contributed by atoms with Crippen molar-refractivity contribution in [3.8, 4) is 0 Å². The summed E-state index contributed by atoms with van der Waals surface area (Å²) in [6, 6.07) is 12.5. The lowest BCUT2D eigenvalue weighted by Crippen LogP contribution is -2.50. The van der Waals surface area contributed by atoms with Gasteiger partial charge >= 0.3 is 0 Å². The van der Waals surface area contributed by atoms with Crippen LogP contribution in [0.15, 0.2) is 53.4 Å². The smallest absolute Gasteiger partial charge is 0.251 e. The summed E-state index contributed by atoms with van der Waals surface area (Å²) in [6.07, 6.45) is 0.632. The number of hydrogen-bond donors (Lipinski definition) is 2. The second kappa shape index (κ2) is 12.2. The molecule has 2 amide bonds. The minimum atomic E-state index is -3.69. The molecule has 9 heteroatoms. The third-order valence-corrected chi connectivity index (χ3v) is 7.60. The van der Waals surface area contributed by atoms with Crippen LogP contribution >= 0.6 is 11.6 Å². The number of benzene rings is 2. The molecule has 0 aliphatic carbocycles. The van der Waals surface area contributed by atoms with Crippen LogP contribution in [-0.4, -0.2) is 50.2 Å². The van der Waals surface area contributed by atoms with Gasteiger partial charge in [-0.15, -0.1) is 0 Å². The summed E-state index contributed by atoms with van der Waals surface area (Å²) >= 11 is 5.89. The minimum Gasteiger partial charge on any atom is -0.354 e. The Morgan fingerprint density at radius 3 is 2.24 bits per heavy atom. The van der Waals surface area contributed by atoms with Crippen LogP contribution in [0.25, 0.3) is 0 Å². The maximum absolute atomic E-state index is 12.9. The summed E-state index contributed by atoms with van der Waals surface area (Å²) in [4.78, 5) is 25.7. The van der Waals surface area contributed by atoms with E-state index in [1.807, 2.05) is 26.0 Å². The van der Waals surface area contributed by atoms with Gasteiger partial charge in [-0.3, -0.25) is 9.59 Å². The van der Waals surface area contributed by atoms with E-state index in [-0.39, 0.29) is 22.3 Å². The molecule has 0 aromatic heterocycles. The van der Waals surface area contributed by atoms with Gasteiger partial charge in [-0.2, -0.15) is 4.31 Å². The number of sulfonamides is 1. The van der Waals surface area contributed by atoms with Crippen molar-refractivity contribution in [1.82, 2.24) is 14.9 Å². The van der Waals surface area contributed by atoms with E-state index in [0.717, 1.165) is 5.56 Å². The molecule has 0 saturated carbocycles. The highest BCUT2D eigenvalue weighted by Gasteiger charge is 2.26. The molecule has 2 N–H and O–H groups in total. The van der Waals surface area contributed by atoms with Gasteiger partial charge in [0.15, 0.2) is 0 Å². The van der Waals surface area contributed by atoms with Gasteiger partial charge < -0.3 is 10.6 Å². The first-order chi connectivity index (χ1) is 15.6. The zero-order chi connectivity index (χ0) is 24.6. The van der Waals surface area contributed by atoms with E-state index in [1.165, 1.54) is 28.6 Å². The largest absolute Gasteiger partial charge is 0.354 e. The van der Waals surface area contributed by atoms with Crippen LogP contribution in [0.5, 0.6) is 0 Å². The standard InChI is InChI=1S/C24H32ClN3O4S/c1-5-28(6-2)33(31,32)21-9-7-8-19(16-21)23(29)27-22(17(3)4)24(30)26-15-14-18-10-12-20(25)13-11-18/h7-13,16-17,22H,5-6,14-15H2,1-4H3,(H,26,30)(H,27,29)/t22-/m1/s1. The molecule has 0 aliphatic heterocycles. The van der Waals surface area contributed by atoms with Gasteiger partial charge in [0.1, 0.15) is 6.04 Å². The zero-order valence-electron chi connectivity index (χ0n) is 19.5. The van der Waals surface area contributed by atoms with Gasteiger partial charge in [0.25, 0.3) is 5.91 Å². The fourth-order valence-corrected chi connectivity index (χ4v) is 4.99. The summed E-state index contributed by atoms with van der Waals surface area (Å²) in [7, 11) is -3.69. The molecule has 0 spiro atoms. The van der Waals surface area contributed by atoms with Crippen LogP contribution < -0.4 is 10.6 Å². The predicted octanol–water partition coefficient (Wildman–Crippen LogP) is 3.48. The molecule has 0 radical (unpaired) electrons. The lowest BCUT2D eigenvalue weighted by Gasteiger charge is -2.22. The van der Waals surface area contributed by atoms with Crippen molar-refractivity contribution in [2.75, 3.05) is 19.6 Å². The van der Waals surface area contributed by atoms with Gasteiger partial charge in [-0.25, -0.2) is 8.42 Å². The van der Waals surface area contributed by atoms with Crippen molar-refractivity contribution in [2.45, 2.75) is 45.1 Å². The molecule has 0 unspecified atom stereocenters. The van der Waals surface area contributed by atoms with E-state index in [9.17, 15) is 18.0 Å². The van der Waals surface area contributed by atoms with Crippen molar-refractivity contribution in [3.63, 3.8) is 0 Å². The van der Waals surface area contributed by atoms with Crippen molar-refractivity contribution >= 4 is 33.4 Å². The molecule has 2 aromatic carbocycles. The Balaban J connectivity index is 2.07. The highest BCUT2D eigenvalue weighted by Crippen LogP contribution is 2.17. The second-order valence-electron chi connectivity index (χ2n) is 7.98. The molecule has 2 rings (SSSR count). The Morgan fingerprint density at radius 1 is 1.03 bits per heavy atom. The molecule has 2 aromatic rings. The first-order valence-electron chi connectivity index (χ1n) is 11.0. The van der Waals surface area contributed by atoms with Crippen molar-refractivity contribution in [3.05, 3.63) is 64.7 Å². The van der Waals surface area contributed by atoms with E-state index in [2.05, 4.69) is 10.6 Å². The normalized spacial score (nSPS) is 12.6. The Bertz CT molecular complexity index is 1050. The van der Waals surface area contributed by atoms with Crippen LogP contribution in [0.3, 0.4) is 0 Å². The van der Waals surface area contributed by atoms with Crippen LogP contribution in [0.2, 0.25) is 5.02 Å². The van der Waals surface area contributed by atoms with E-state index in [1.54, 1.807) is 26.0 Å². The molecule has 180 valence electrons. The lowest BCUT2D eigenvalue weighted by atomic mass is 10.0. The Hall–Kier alpha value is -2.42. The molecule has 0 fully saturated rings. The van der Waals surface area contributed by atoms with Crippen LogP contribution in [0.4, 0.5) is 0 Å². The van der Waals surface area contributed by atoms with Crippen molar-refractivity contribution in [2.24, 2.45) is 5.92 Å². The molecule has 0 bridgehead atoms. The van der Waals surface area contributed by atoms with Gasteiger partial charge in [-0.05, 0) is 48.2 Å². The number of nitrogens with zero attached hydrogens (tertiary/aromatic N) is 1. The average molecular weight is 494 g/mol. The van der Waals surface area contributed by atoms with E-state index in [4.69, 9.17) is 11.6 Å². The van der Waals surface area contributed by atoms with Crippen molar-refractivity contribution < 1.29 is 18.0 Å². The topological polar surface area (TPSA) is 95.6 Å². The molecule has 0 aliphatic rings. The number of amides is 2. The number of carbonyl (C=O) groups is 2. The fourth-order valence-electron chi connectivity index (χ4n) is 3.36. The molecule has 1 atom stereocenters. The van der Waals surface area contributed by atoms with Gasteiger partial charge in [0.05, 0.1) is 4.90 Å². The maximum Gasteiger partial charge on any atom is 0.251 e. The minimum absolute atomic E-state index is 0.0485. The molecule has 0 saturated heterocycles. The number of nitrogens with one attached hydrogen (secondary N) is 2. The molecule has 7 nitrogen and oxygen atoms in total. The number of carbonyl (C=O) groups excluding carboxylic acids is 2. The van der Waals surface area contributed by atoms with Gasteiger partial charge in [-0.1, -0.05) is 57.5 Å². The maximum atomic E-state index is 12.9. The Labute approximate surface area is 201 Å². The Kier molecular flexibility index (Phi) is 9.88. The van der Waals surface area contributed by atoms with E-state index < -0.39 is 22.0 Å². The fraction of sp³-hybridized carbons (Fsp3) is 0.417. The monoisotopic (exact) mass is 493 g/mol. The molecular formula is C24H32ClN3O4S. The van der Waals surface area contributed by atoms with E-state index in [0.29, 0.717) is 31.1 Å². The summed E-state index contributed by atoms with van der Waals surface area (Å²) in [5.41, 5.74) is 1.22. The zero-order valence-corrected chi connectivity index (χ0v) is 21.0. The van der Waals surface area contributed by atoms with Gasteiger partial charge in [0, 0.05) is 30.2 Å². The summed E-state index contributed by atoms with van der Waals surface area (Å²) < 4.78 is 26.9. The third-order valence-electron chi connectivity index (χ3n) is 5.30. The first kappa shape index (κ1) is 26.8. The highest BCUT2D eigenvalue weighted by molar-refractivity contribution is 7.89. The second-order valence-corrected chi connectivity index (χ2v) is 10.4. The van der Waals surface area contributed by atoms with Gasteiger partial charge in [0.2, 0.25) is 15.9 Å². The predicted molar refractivity (Wildman–Crippen MR) is 131 cm³/mol. The molecule has 0 heterocycles. The average Bonchev–Trinajstić information content (AvgIpc) is 2.79. The Morgan fingerprint density at radius 2 is 1.67 bits per heavy atom. The highest BCUT2D eigenvalue weighted by atomic mass is 35.5. The van der Waals surface area contributed by atoms with Crippen LogP contribution in [0.1, 0.15) is 43.6 Å². The number of rotatable bonds is 11. The number of halogens is 1. The van der Waals surface area contributed by atoms with Crippen LogP contribution in [-0.2, 0) is 21.2 Å². The molecule has 33 heavy (non-hydrogen) atoms. The summed E-state index contributed by atoms with van der Waals surface area (Å²) in [5.74, 6) is -0.954. The van der Waals surface area contributed by atoms with E-state index >= 15 is 0 Å². The summed E-state index contributed by atoms with van der Waals surface area (Å²) in [6.45, 7) is 8.28. The molecular weight excluding hydrogens is 462 g/mol. The third kappa shape index (κ3) is 7.28. The first-order valence-corrected chi connectivity index (χ1v) is 12.8.